The molecule has 0 saturated heterocycles. The number of rotatable bonds is 12. The van der Waals surface area contributed by atoms with E-state index in [0.29, 0.717) is 12.0 Å². The van der Waals surface area contributed by atoms with Gasteiger partial charge in [0.15, 0.2) is 6.61 Å². The van der Waals surface area contributed by atoms with E-state index >= 15 is 0 Å². The molecule has 0 saturated carbocycles. The Labute approximate surface area is 192 Å². The Kier molecular flexibility index (Phi) is 9.88. The highest BCUT2D eigenvalue weighted by Crippen LogP contribution is 2.13. The number of amides is 2. The Morgan fingerprint density at radius 3 is 2.21 bits per heavy atom. The molecule has 0 aliphatic carbocycles. The quantitative estimate of drug-likeness (QED) is 0.418. The molecule has 2 amide bonds. The van der Waals surface area contributed by atoms with Crippen LogP contribution in [0.1, 0.15) is 25.0 Å². The zero-order valence-electron chi connectivity index (χ0n) is 18.5. The molecule has 3 N–H and O–H groups in total. The Morgan fingerprint density at radius 2 is 1.64 bits per heavy atom. The first-order valence-electron chi connectivity index (χ1n) is 10.4. The first kappa shape index (κ1) is 25.4. The van der Waals surface area contributed by atoms with Crippen molar-refractivity contribution in [3.63, 3.8) is 0 Å². The highest BCUT2D eigenvalue weighted by atomic mass is 16.5. The molecule has 1 unspecified atom stereocenters. The maximum atomic E-state index is 12.7. The number of hydrogen-bond acceptors (Lipinski definition) is 6. The van der Waals surface area contributed by atoms with Crippen molar-refractivity contribution in [3.8, 4) is 5.75 Å². The van der Waals surface area contributed by atoms with Crippen molar-refractivity contribution < 1.29 is 33.8 Å². The lowest BCUT2D eigenvalue weighted by molar-refractivity contribution is -0.139. The van der Waals surface area contributed by atoms with Gasteiger partial charge in [0.25, 0.3) is 0 Å². The molecule has 0 heterocycles. The van der Waals surface area contributed by atoms with Gasteiger partial charge in [-0.05, 0) is 35.6 Å². The fourth-order valence-electron chi connectivity index (χ4n) is 2.95. The largest absolute Gasteiger partial charge is 0.482 e. The predicted octanol–water partition coefficient (Wildman–Crippen LogP) is 2.33. The number of aliphatic carboxylic acids is 1. The van der Waals surface area contributed by atoms with Gasteiger partial charge in [0.2, 0.25) is 5.91 Å². The highest BCUT2D eigenvalue weighted by molar-refractivity contribution is 5.87. The van der Waals surface area contributed by atoms with Crippen LogP contribution in [-0.4, -0.2) is 48.1 Å². The minimum Gasteiger partial charge on any atom is -0.482 e. The van der Waals surface area contributed by atoms with Crippen LogP contribution in [0.4, 0.5) is 4.79 Å². The van der Waals surface area contributed by atoms with Crippen LogP contribution >= 0.6 is 0 Å². The average molecular weight is 456 g/mol. The normalized spacial score (nSPS) is 12.3. The van der Waals surface area contributed by atoms with E-state index in [-0.39, 0.29) is 18.9 Å². The van der Waals surface area contributed by atoms with Crippen LogP contribution in [0.5, 0.6) is 5.75 Å². The Bertz CT molecular complexity index is 930. The summed E-state index contributed by atoms with van der Waals surface area (Å²) in [7, 11) is 0. The van der Waals surface area contributed by atoms with Crippen molar-refractivity contribution in [2.45, 2.75) is 39.0 Å². The summed E-state index contributed by atoms with van der Waals surface area (Å²) >= 11 is 0. The molecule has 2 atom stereocenters. The predicted molar refractivity (Wildman–Crippen MR) is 120 cm³/mol. The third-order valence-electron chi connectivity index (χ3n) is 4.67. The summed E-state index contributed by atoms with van der Waals surface area (Å²) in [6, 6.07) is 14.0. The summed E-state index contributed by atoms with van der Waals surface area (Å²) in [5.41, 5.74) is 1.56. The van der Waals surface area contributed by atoms with Crippen LogP contribution in [0.2, 0.25) is 0 Å². The number of carboxylic acids is 1. The maximum absolute atomic E-state index is 12.7. The number of hydrogen-bond donors (Lipinski definition) is 3. The van der Waals surface area contributed by atoms with Crippen LogP contribution in [0.25, 0.3) is 0 Å². The molecule has 0 bridgehead atoms. The lowest BCUT2D eigenvalue weighted by atomic mass is 10.0. The maximum Gasteiger partial charge on any atom is 0.408 e. The number of nitrogens with one attached hydrogen (secondary N) is 2. The average Bonchev–Trinajstić information content (AvgIpc) is 2.80. The third-order valence-corrected chi connectivity index (χ3v) is 4.67. The van der Waals surface area contributed by atoms with Crippen LogP contribution in [0.3, 0.4) is 0 Å². The third kappa shape index (κ3) is 9.02. The van der Waals surface area contributed by atoms with Crippen LogP contribution in [0.15, 0.2) is 54.6 Å². The van der Waals surface area contributed by atoms with E-state index < -0.39 is 36.7 Å². The summed E-state index contributed by atoms with van der Waals surface area (Å²) in [4.78, 5) is 47.0. The van der Waals surface area contributed by atoms with Gasteiger partial charge in [0.1, 0.15) is 24.7 Å². The van der Waals surface area contributed by atoms with Crippen LogP contribution in [0, 0.1) is 5.92 Å². The zero-order chi connectivity index (χ0) is 24.2. The van der Waals surface area contributed by atoms with Crippen molar-refractivity contribution in [1.82, 2.24) is 10.6 Å². The number of carboxylic acid groups (broad SMARTS) is 1. The fraction of sp³-hybridized carbons (Fsp3) is 0.333. The van der Waals surface area contributed by atoms with Gasteiger partial charge < -0.3 is 30.0 Å². The molecule has 0 aliphatic rings. The summed E-state index contributed by atoms with van der Waals surface area (Å²) in [5, 5.41) is 13.8. The van der Waals surface area contributed by atoms with E-state index in [4.69, 9.17) is 14.6 Å². The van der Waals surface area contributed by atoms with Gasteiger partial charge in [-0.25, -0.2) is 9.59 Å². The summed E-state index contributed by atoms with van der Waals surface area (Å²) < 4.78 is 10.3. The molecule has 0 spiro atoms. The van der Waals surface area contributed by atoms with Crippen molar-refractivity contribution >= 4 is 24.3 Å². The van der Waals surface area contributed by atoms with Crippen molar-refractivity contribution in [2.24, 2.45) is 5.92 Å². The van der Waals surface area contributed by atoms with Crippen molar-refractivity contribution in [2.75, 3.05) is 6.61 Å². The number of ether oxygens (including phenoxy) is 2. The monoisotopic (exact) mass is 456 g/mol. The molecular weight excluding hydrogens is 428 g/mol. The molecule has 0 radical (unpaired) electrons. The second kappa shape index (κ2) is 12.8. The Morgan fingerprint density at radius 1 is 0.970 bits per heavy atom. The number of carbonyl (C=O) groups excluding carboxylic acids is 3. The number of alkyl carbamates (subject to hydrolysis) is 1. The fourth-order valence-corrected chi connectivity index (χ4v) is 2.95. The summed E-state index contributed by atoms with van der Waals surface area (Å²) in [5.74, 6) is -1.45. The van der Waals surface area contributed by atoms with Gasteiger partial charge in [-0.15, -0.1) is 0 Å². The molecular formula is C24H28N2O7. The molecule has 2 aromatic carbocycles. The van der Waals surface area contributed by atoms with E-state index in [0.717, 1.165) is 11.1 Å². The topological polar surface area (TPSA) is 131 Å². The number of carbonyl (C=O) groups is 4. The lowest BCUT2D eigenvalue weighted by Crippen LogP contribution is -2.52. The molecule has 9 nitrogen and oxygen atoms in total. The minimum atomic E-state index is -1.08. The highest BCUT2D eigenvalue weighted by Gasteiger charge is 2.26. The van der Waals surface area contributed by atoms with E-state index in [9.17, 15) is 19.2 Å². The molecule has 0 aliphatic heterocycles. The van der Waals surface area contributed by atoms with Gasteiger partial charge in [0.05, 0.1) is 6.04 Å². The van der Waals surface area contributed by atoms with E-state index in [1.165, 1.54) is 0 Å². The van der Waals surface area contributed by atoms with Crippen molar-refractivity contribution in [1.29, 1.82) is 0 Å². The first-order chi connectivity index (χ1) is 15.8. The lowest BCUT2D eigenvalue weighted by Gasteiger charge is -2.23. The van der Waals surface area contributed by atoms with E-state index in [1.54, 1.807) is 38.1 Å². The van der Waals surface area contributed by atoms with E-state index in [1.807, 2.05) is 30.3 Å². The molecule has 2 rings (SSSR count). The van der Waals surface area contributed by atoms with Crippen LogP contribution in [-0.2, 0) is 32.1 Å². The molecule has 2 aromatic rings. The Hall–Kier alpha value is -3.88. The van der Waals surface area contributed by atoms with Gasteiger partial charge >= 0.3 is 12.1 Å². The van der Waals surface area contributed by atoms with E-state index in [2.05, 4.69) is 10.6 Å². The van der Waals surface area contributed by atoms with Crippen LogP contribution < -0.4 is 15.4 Å². The van der Waals surface area contributed by atoms with Gasteiger partial charge in [-0.2, -0.15) is 0 Å². The second-order valence-electron chi connectivity index (χ2n) is 7.71. The molecule has 0 fully saturated rings. The SMILES string of the molecule is CC(C)[C@H](NC(=O)OCc1ccccc1)C(=O)NC(C=O)Cc1ccc(OCC(=O)O)cc1. The molecule has 176 valence electrons. The zero-order valence-corrected chi connectivity index (χ0v) is 18.5. The minimum absolute atomic E-state index is 0.0717. The first-order valence-corrected chi connectivity index (χ1v) is 10.4. The van der Waals surface area contributed by atoms with Gasteiger partial charge in [-0.3, -0.25) is 4.79 Å². The Balaban J connectivity index is 1.90. The van der Waals surface area contributed by atoms with Gasteiger partial charge in [0, 0.05) is 0 Å². The van der Waals surface area contributed by atoms with Gasteiger partial charge in [-0.1, -0.05) is 56.3 Å². The standard InChI is InChI=1S/C24H28N2O7/c1-16(2)22(26-24(31)33-14-18-6-4-3-5-7-18)23(30)25-19(13-27)12-17-8-10-20(11-9-17)32-15-21(28)29/h3-11,13,16,19,22H,12,14-15H2,1-2H3,(H,25,30)(H,26,31)(H,28,29)/t19?,22-/m0/s1. The second-order valence-corrected chi connectivity index (χ2v) is 7.71. The summed E-state index contributed by atoms with van der Waals surface area (Å²) in [6.07, 6.45) is 0.113. The smallest absolute Gasteiger partial charge is 0.408 e. The van der Waals surface area contributed by atoms with Crippen molar-refractivity contribution in [3.05, 3.63) is 65.7 Å². The molecule has 0 aromatic heterocycles. The number of aldehydes is 1. The molecule has 33 heavy (non-hydrogen) atoms. The number of benzene rings is 2. The molecule has 9 heteroatoms. The summed E-state index contributed by atoms with van der Waals surface area (Å²) in [6.45, 7) is 3.16.